The highest BCUT2D eigenvalue weighted by atomic mass is 79.9. The van der Waals surface area contributed by atoms with Crippen molar-refractivity contribution in [3.8, 4) is 0 Å². The molecule has 0 bridgehead atoms. The van der Waals surface area contributed by atoms with Crippen LogP contribution in [-0.4, -0.2) is 11.0 Å². The minimum Gasteiger partial charge on any atom is -0.469 e. The first kappa shape index (κ1) is 15.6. The summed E-state index contributed by atoms with van der Waals surface area (Å²) in [6.07, 6.45) is 3.36. The van der Waals surface area contributed by atoms with E-state index in [0.29, 0.717) is 5.56 Å². The van der Waals surface area contributed by atoms with Crippen molar-refractivity contribution in [1.82, 2.24) is 0 Å². The average Bonchev–Trinajstić information content (AvgIpc) is 2.92. The smallest absolute Gasteiger partial charge is 0.274 e. The second-order valence-electron chi connectivity index (χ2n) is 5.04. The van der Waals surface area contributed by atoms with Crippen molar-refractivity contribution in [3.05, 3.63) is 56.4 Å². The largest absolute Gasteiger partial charge is 0.469 e. The van der Waals surface area contributed by atoms with Gasteiger partial charge in [-0.2, -0.15) is 0 Å². The zero-order valence-corrected chi connectivity index (χ0v) is 13.5. The molecule has 1 aromatic carbocycles. The Hall–Kier alpha value is -1.82. The van der Waals surface area contributed by atoms with Gasteiger partial charge >= 0.3 is 0 Å². The molecule has 6 heteroatoms. The van der Waals surface area contributed by atoms with Crippen LogP contribution in [0, 0.1) is 17.0 Å². The normalized spacial score (nSPS) is 12.1. The fourth-order valence-corrected chi connectivity index (χ4v) is 2.69. The van der Waals surface area contributed by atoms with Crippen molar-refractivity contribution in [3.63, 3.8) is 0 Å². The maximum absolute atomic E-state index is 11.0. The van der Waals surface area contributed by atoms with Crippen LogP contribution in [0.2, 0.25) is 0 Å². The van der Waals surface area contributed by atoms with Crippen LogP contribution in [0.1, 0.15) is 24.7 Å². The fraction of sp³-hybridized carbons (Fsp3) is 0.333. The monoisotopic (exact) mass is 352 g/mol. The molecule has 0 aliphatic heterocycles. The topological polar surface area (TPSA) is 68.3 Å². The Morgan fingerprint density at radius 3 is 2.86 bits per heavy atom. The number of hydrogen-bond acceptors (Lipinski definition) is 4. The molecular weight excluding hydrogens is 336 g/mol. The first-order valence-corrected chi connectivity index (χ1v) is 7.50. The first-order valence-electron chi connectivity index (χ1n) is 6.71. The van der Waals surface area contributed by atoms with Crippen LogP contribution < -0.4 is 5.32 Å². The second kappa shape index (κ2) is 6.76. The summed E-state index contributed by atoms with van der Waals surface area (Å²) in [6.45, 7) is 3.77. The molecule has 1 heterocycles. The van der Waals surface area contributed by atoms with Crippen LogP contribution in [0.25, 0.3) is 0 Å². The van der Waals surface area contributed by atoms with E-state index < -0.39 is 0 Å². The van der Waals surface area contributed by atoms with Crippen molar-refractivity contribution in [1.29, 1.82) is 0 Å². The number of nitrogens with zero attached hydrogens (tertiary/aromatic N) is 1. The van der Waals surface area contributed by atoms with Gasteiger partial charge in [0, 0.05) is 28.6 Å². The Morgan fingerprint density at radius 1 is 1.48 bits per heavy atom. The highest BCUT2D eigenvalue weighted by Gasteiger charge is 2.15. The zero-order valence-electron chi connectivity index (χ0n) is 11.9. The van der Waals surface area contributed by atoms with E-state index in [4.69, 9.17) is 4.42 Å². The summed E-state index contributed by atoms with van der Waals surface area (Å²) >= 11 is 3.45. The summed E-state index contributed by atoms with van der Waals surface area (Å²) in [4.78, 5) is 10.6. The molecule has 2 rings (SSSR count). The highest BCUT2D eigenvalue weighted by molar-refractivity contribution is 9.10. The van der Waals surface area contributed by atoms with Crippen molar-refractivity contribution >= 4 is 27.3 Å². The summed E-state index contributed by atoms with van der Waals surface area (Å²) in [5.41, 5.74) is 1.50. The molecule has 0 saturated carbocycles. The van der Waals surface area contributed by atoms with Crippen molar-refractivity contribution in [2.45, 2.75) is 32.7 Å². The van der Waals surface area contributed by atoms with Gasteiger partial charge < -0.3 is 9.73 Å². The number of hydrogen-bond donors (Lipinski definition) is 1. The quantitative estimate of drug-likeness (QED) is 0.604. The minimum absolute atomic E-state index is 0.124. The van der Waals surface area contributed by atoms with Gasteiger partial charge in [-0.15, -0.1) is 0 Å². The molecule has 0 aliphatic carbocycles. The average molecular weight is 353 g/mol. The van der Waals surface area contributed by atoms with Gasteiger partial charge in [0.05, 0.1) is 16.9 Å². The molecule has 0 saturated heterocycles. The lowest BCUT2D eigenvalue weighted by Gasteiger charge is -2.16. The molecule has 21 heavy (non-hydrogen) atoms. The summed E-state index contributed by atoms with van der Waals surface area (Å²) < 4.78 is 6.13. The van der Waals surface area contributed by atoms with E-state index >= 15 is 0 Å². The third kappa shape index (κ3) is 4.07. The number of benzene rings is 1. The van der Waals surface area contributed by atoms with Gasteiger partial charge in [-0.05, 0) is 54.4 Å². The predicted molar refractivity (Wildman–Crippen MR) is 85.6 cm³/mol. The molecule has 1 N–H and O–H groups in total. The molecule has 1 atom stereocenters. The maximum atomic E-state index is 11.0. The van der Waals surface area contributed by atoms with Gasteiger partial charge in [-0.25, -0.2) is 0 Å². The highest BCUT2D eigenvalue weighted by Crippen LogP contribution is 2.31. The van der Waals surface area contributed by atoms with Gasteiger partial charge in [0.2, 0.25) is 0 Å². The van der Waals surface area contributed by atoms with Gasteiger partial charge in [0.25, 0.3) is 5.69 Å². The molecule has 1 unspecified atom stereocenters. The van der Waals surface area contributed by atoms with E-state index in [2.05, 4.69) is 21.2 Å². The Morgan fingerprint density at radius 2 is 2.24 bits per heavy atom. The SMILES string of the molecule is Cc1cc(Br)c(NC(C)CCc2ccco2)cc1[N+](=O)[O-]. The minimum atomic E-state index is -0.361. The number of anilines is 1. The van der Waals surface area contributed by atoms with Crippen LogP contribution in [-0.2, 0) is 6.42 Å². The Bertz CT molecular complexity index is 626. The number of nitrogens with one attached hydrogen (secondary N) is 1. The number of aryl methyl sites for hydroxylation is 2. The van der Waals surface area contributed by atoms with E-state index in [-0.39, 0.29) is 16.7 Å². The van der Waals surface area contributed by atoms with Crippen LogP contribution in [0.3, 0.4) is 0 Å². The molecule has 2 aromatic rings. The number of halogens is 1. The van der Waals surface area contributed by atoms with E-state index in [1.165, 1.54) is 0 Å². The molecule has 0 spiro atoms. The second-order valence-corrected chi connectivity index (χ2v) is 5.89. The lowest BCUT2D eigenvalue weighted by molar-refractivity contribution is -0.385. The standard InChI is InChI=1S/C15H17BrN2O3/c1-10-8-13(16)14(9-15(10)18(19)20)17-11(2)5-6-12-4-3-7-21-12/h3-4,7-9,11,17H,5-6H2,1-2H3. The van der Waals surface area contributed by atoms with E-state index in [0.717, 1.165) is 28.8 Å². The maximum Gasteiger partial charge on any atom is 0.274 e. The zero-order chi connectivity index (χ0) is 15.4. The molecule has 0 fully saturated rings. The van der Waals surface area contributed by atoms with E-state index in [9.17, 15) is 10.1 Å². The van der Waals surface area contributed by atoms with Crippen LogP contribution in [0.5, 0.6) is 0 Å². The van der Waals surface area contributed by atoms with Crippen molar-refractivity contribution in [2.24, 2.45) is 0 Å². The van der Waals surface area contributed by atoms with Gasteiger partial charge in [-0.3, -0.25) is 10.1 Å². The Kier molecular flexibility index (Phi) is 5.01. The third-order valence-corrected chi connectivity index (χ3v) is 3.94. The number of rotatable bonds is 6. The Balaban J connectivity index is 2.04. The van der Waals surface area contributed by atoms with E-state index in [1.54, 1.807) is 25.3 Å². The fourth-order valence-electron chi connectivity index (χ4n) is 2.12. The summed E-state index contributed by atoms with van der Waals surface area (Å²) in [5.74, 6) is 0.942. The molecule has 112 valence electrons. The van der Waals surface area contributed by atoms with Gasteiger partial charge in [0.1, 0.15) is 5.76 Å². The Labute approximate surface area is 131 Å². The van der Waals surface area contributed by atoms with Crippen LogP contribution in [0.4, 0.5) is 11.4 Å². The molecule has 0 radical (unpaired) electrons. The number of nitro groups is 1. The first-order chi connectivity index (χ1) is 9.97. The summed E-state index contributed by atoms with van der Waals surface area (Å²) in [7, 11) is 0. The summed E-state index contributed by atoms with van der Waals surface area (Å²) in [5, 5.41) is 14.3. The molecule has 0 amide bonds. The van der Waals surface area contributed by atoms with Crippen LogP contribution in [0.15, 0.2) is 39.4 Å². The lowest BCUT2D eigenvalue weighted by atomic mass is 10.1. The third-order valence-electron chi connectivity index (χ3n) is 3.29. The van der Waals surface area contributed by atoms with Gasteiger partial charge in [-0.1, -0.05) is 0 Å². The molecule has 1 aromatic heterocycles. The molecule has 0 aliphatic rings. The van der Waals surface area contributed by atoms with Crippen LogP contribution >= 0.6 is 15.9 Å². The lowest BCUT2D eigenvalue weighted by Crippen LogP contribution is -2.16. The summed E-state index contributed by atoms with van der Waals surface area (Å²) in [6, 6.07) is 7.32. The number of furan rings is 1. The predicted octanol–water partition coefficient (Wildman–Crippen LogP) is 4.69. The molecule has 5 nitrogen and oxygen atoms in total. The number of nitro benzene ring substituents is 1. The van der Waals surface area contributed by atoms with E-state index in [1.807, 2.05) is 19.1 Å². The van der Waals surface area contributed by atoms with Crippen molar-refractivity contribution in [2.75, 3.05) is 5.32 Å². The van der Waals surface area contributed by atoms with Crippen molar-refractivity contribution < 1.29 is 9.34 Å². The van der Waals surface area contributed by atoms with Gasteiger partial charge in [0.15, 0.2) is 0 Å². The molecular formula is C15H17BrN2O3.